The summed E-state index contributed by atoms with van der Waals surface area (Å²) in [5.41, 5.74) is 1.02. The molecule has 1 aliphatic rings. The van der Waals surface area contributed by atoms with E-state index in [2.05, 4.69) is 5.16 Å². The number of amides is 2. The molecule has 1 aromatic carbocycles. The van der Waals surface area contributed by atoms with Crippen molar-refractivity contribution in [1.29, 1.82) is 0 Å². The first-order valence-electron chi connectivity index (χ1n) is 8.58. The van der Waals surface area contributed by atoms with Crippen LogP contribution in [0.2, 0.25) is 0 Å². The first kappa shape index (κ1) is 18.4. The van der Waals surface area contributed by atoms with Crippen molar-refractivity contribution in [2.45, 2.75) is 13.8 Å². The molecular weight excluding hydrogens is 350 g/mol. The fourth-order valence-electron chi connectivity index (χ4n) is 2.85. The molecule has 0 spiro atoms. The molecule has 8 nitrogen and oxygen atoms in total. The minimum atomic E-state index is -0.810. The zero-order chi connectivity index (χ0) is 19.4. The lowest BCUT2D eigenvalue weighted by Crippen LogP contribution is -2.42. The van der Waals surface area contributed by atoms with Gasteiger partial charge in [0.2, 0.25) is 11.7 Å². The number of hydrogen-bond donors (Lipinski definition) is 0. The molecule has 140 valence electrons. The smallest absolute Gasteiger partial charge is 0.400 e. The predicted octanol–water partition coefficient (Wildman–Crippen LogP) is 2.06. The molecule has 0 fully saturated rings. The Kier molecular flexibility index (Phi) is 5.35. The predicted molar refractivity (Wildman–Crippen MR) is 97.4 cm³/mol. The maximum atomic E-state index is 12.8. The summed E-state index contributed by atoms with van der Waals surface area (Å²) in [7, 11) is 0. The summed E-state index contributed by atoms with van der Waals surface area (Å²) in [6, 6.07) is 9.89. The number of fused-ring (bicyclic) bond motifs is 1. The Hall–Kier alpha value is -3.42. The SMILES string of the molecule is CCN(CC)C(=O)CN1C(=O)/C(=N/OC(=O)c2ccco2)c2ccccc21. The van der Waals surface area contributed by atoms with Gasteiger partial charge in [0.25, 0.3) is 5.91 Å². The lowest BCUT2D eigenvalue weighted by Gasteiger charge is -2.23. The zero-order valence-electron chi connectivity index (χ0n) is 15.0. The van der Waals surface area contributed by atoms with Gasteiger partial charge in [0, 0.05) is 18.7 Å². The number of benzene rings is 1. The monoisotopic (exact) mass is 369 g/mol. The summed E-state index contributed by atoms with van der Waals surface area (Å²) in [4.78, 5) is 45.0. The Bertz CT molecular complexity index is 885. The van der Waals surface area contributed by atoms with Crippen molar-refractivity contribution in [3.8, 4) is 0 Å². The molecule has 3 rings (SSSR count). The number of para-hydroxylation sites is 1. The molecule has 0 aliphatic carbocycles. The molecular formula is C19H19N3O5. The molecule has 0 bridgehead atoms. The normalized spacial score (nSPS) is 14.4. The molecule has 2 amide bonds. The summed E-state index contributed by atoms with van der Waals surface area (Å²) in [6.07, 6.45) is 1.33. The van der Waals surface area contributed by atoms with Crippen molar-refractivity contribution >= 4 is 29.2 Å². The van der Waals surface area contributed by atoms with E-state index in [1.54, 1.807) is 35.2 Å². The van der Waals surface area contributed by atoms with Crippen LogP contribution in [0.3, 0.4) is 0 Å². The van der Waals surface area contributed by atoms with Crippen molar-refractivity contribution in [1.82, 2.24) is 4.90 Å². The summed E-state index contributed by atoms with van der Waals surface area (Å²) in [5, 5.41) is 3.74. The molecule has 0 saturated carbocycles. The standard InChI is InChI=1S/C19H19N3O5/c1-3-21(4-2)16(23)12-22-14-9-6-5-8-13(14)17(18(22)24)20-27-19(25)15-10-7-11-26-15/h5-11H,3-4,12H2,1-2H3/b20-17+. The van der Waals surface area contributed by atoms with Gasteiger partial charge < -0.3 is 14.2 Å². The Balaban J connectivity index is 1.85. The van der Waals surface area contributed by atoms with Crippen LogP contribution in [0.25, 0.3) is 0 Å². The van der Waals surface area contributed by atoms with Gasteiger partial charge in [0.1, 0.15) is 6.54 Å². The number of nitrogens with zero attached hydrogens (tertiary/aromatic N) is 3. The zero-order valence-corrected chi connectivity index (χ0v) is 15.0. The van der Waals surface area contributed by atoms with E-state index in [-0.39, 0.29) is 23.9 Å². The Morgan fingerprint density at radius 1 is 1.15 bits per heavy atom. The molecule has 27 heavy (non-hydrogen) atoms. The molecule has 2 heterocycles. The second kappa shape index (κ2) is 7.86. The molecule has 1 aliphatic heterocycles. The van der Waals surface area contributed by atoms with Crippen LogP contribution in [0.15, 0.2) is 52.2 Å². The van der Waals surface area contributed by atoms with Gasteiger partial charge in [0.05, 0.1) is 12.0 Å². The lowest BCUT2D eigenvalue weighted by molar-refractivity contribution is -0.130. The number of likely N-dealkylation sites (N-methyl/N-ethyl adjacent to an activating group) is 1. The third kappa shape index (κ3) is 3.59. The third-order valence-electron chi connectivity index (χ3n) is 4.25. The van der Waals surface area contributed by atoms with E-state index >= 15 is 0 Å². The number of furan rings is 1. The number of oxime groups is 1. The lowest BCUT2D eigenvalue weighted by atomic mass is 10.1. The number of rotatable bonds is 6. The van der Waals surface area contributed by atoms with Crippen molar-refractivity contribution in [3.63, 3.8) is 0 Å². The summed E-state index contributed by atoms with van der Waals surface area (Å²) >= 11 is 0. The fraction of sp³-hybridized carbons (Fsp3) is 0.263. The Labute approximate surface area is 156 Å². The van der Waals surface area contributed by atoms with Gasteiger partial charge >= 0.3 is 5.97 Å². The van der Waals surface area contributed by atoms with Crippen molar-refractivity contribution < 1.29 is 23.6 Å². The first-order chi connectivity index (χ1) is 13.1. The van der Waals surface area contributed by atoms with E-state index in [1.165, 1.54) is 17.2 Å². The van der Waals surface area contributed by atoms with E-state index in [0.717, 1.165) is 0 Å². The first-order valence-corrected chi connectivity index (χ1v) is 8.58. The van der Waals surface area contributed by atoms with E-state index in [4.69, 9.17) is 9.25 Å². The molecule has 8 heteroatoms. The Morgan fingerprint density at radius 3 is 2.56 bits per heavy atom. The number of hydrogen-bond acceptors (Lipinski definition) is 6. The summed E-state index contributed by atoms with van der Waals surface area (Å²) in [5.74, 6) is -1.50. The Morgan fingerprint density at radius 2 is 1.89 bits per heavy atom. The highest BCUT2D eigenvalue weighted by molar-refractivity contribution is 6.54. The van der Waals surface area contributed by atoms with Crippen molar-refractivity contribution in [2.75, 3.05) is 24.5 Å². The van der Waals surface area contributed by atoms with Gasteiger partial charge in [-0.25, -0.2) is 4.79 Å². The minimum absolute atomic E-state index is 0.0216. The maximum absolute atomic E-state index is 12.8. The van der Waals surface area contributed by atoms with Gasteiger partial charge in [-0.15, -0.1) is 0 Å². The number of carbonyl (C=O) groups is 3. The second-order valence-electron chi connectivity index (χ2n) is 5.77. The van der Waals surface area contributed by atoms with Crippen LogP contribution in [0.4, 0.5) is 5.69 Å². The fourth-order valence-corrected chi connectivity index (χ4v) is 2.85. The van der Waals surface area contributed by atoms with Gasteiger partial charge in [-0.05, 0) is 32.0 Å². The minimum Gasteiger partial charge on any atom is -0.457 e. The highest BCUT2D eigenvalue weighted by atomic mass is 16.7. The van der Waals surface area contributed by atoms with Crippen LogP contribution >= 0.6 is 0 Å². The topological polar surface area (TPSA) is 92.4 Å². The van der Waals surface area contributed by atoms with Gasteiger partial charge in [0.15, 0.2) is 5.71 Å². The van der Waals surface area contributed by atoms with Crippen molar-refractivity contribution in [2.24, 2.45) is 5.16 Å². The average molecular weight is 369 g/mol. The second-order valence-corrected chi connectivity index (χ2v) is 5.77. The molecule has 0 atom stereocenters. The molecule has 0 N–H and O–H groups in total. The molecule has 1 aromatic heterocycles. The average Bonchev–Trinajstić information content (AvgIpc) is 3.29. The van der Waals surface area contributed by atoms with Crippen LogP contribution in [0.1, 0.15) is 30.0 Å². The van der Waals surface area contributed by atoms with Crippen LogP contribution in [-0.4, -0.2) is 48.0 Å². The van der Waals surface area contributed by atoms with E-state index in [0.29, 0.717) is 24.3 Å². The van der Waals surface area contributed by atoms with Crippen LogP contribution in [-0.2, 0) is 14.4 Å². The summed E-state index contributed by atoms with van der Waals surface area (Å²) in [6.45, 7) is 4.76. The van der Waals surface area contributed by atoms with Crippen LogP contribution in [0.5, 0.6) is 0 Å². The number of carbonyl (C=O) groups excluding carboxylic acids is 3. The largest absolute Gasteiger partial charge is 0.457 e. The van der Waals surface area contributed by atoms with Gasteiger partial charge in [-0.1, -0.05) is 23.4 Å². The van der Waals surface area contributed by atoms with Crippen molar-refractivity contribution in [3.05, 3.63) is 54.0 Å². The number of anilines is 1. The molecule has 0 unspecified atom stereocenters. The van der Waals surface area contributed by atoms with E-state index in [9.17, 15) is 14.4 Å². The van der Waals surface area contributed by atoms with Crippen LogP contribution in [0, 0.1) is 0 Å². The highest BCUT2D eigenvalue weighted by Gasteiger charge is 2.36. The summed E-state index contributed by atoms with van der Waals surface area (Å²) < 4.78 is 4.94. The molecule has 2 aromatic rings. The van der Waals surface area contributed by atoms with Crippen LogP contribution < -0.4 is 4.90 Å². The quantitative estimate of drug-likeness (QED) is 0.574. The van der Waals surface area contributed by atoms with Gasteiger partial charge in [-0.2, -0.15) is 0 Å². The molecule has 0 radical (unpaired) electrons. The van der Waals surface area contributed by atoms with E-state index in [1.807, 2.05) is 13.8 Å². The van der Waals surface area contributed by atoms with Gasteiger partial charge in [-0.3, -0.25) is 14.5 Å². The highest BCUT2D eigenvalue weighted by Crippen LogP contribution is 2.29. The molecule has 0 saturated heterocycles. The third-order valence-corrected chi connectivity index (χ3v) is 4.25. The maximum Gasteiger partial charge on any atom is 0.400 e. The van der Waals surface area contributed by atoms with E-state index < -0.39 is 11.9 Å².